The van der Waals surface area contributed by atoms with Crippen LogP contribution < -0.4 is 0 Å². The number of furan rings is 1. The molecule has 5 nitrogen and oxygen atoms in total. The van der Waals surface area contributed by atoms with Gasteiger partial charge in [0.25, 0.3) is 0 Å². The van der Waals surface area contributed by atoms with Gasteiger partial charge in [-0.1, -0.05) is 23.7 Å². The lowest BCUT2D eigenvalue weighted by Crippen LogP contribution is -2.22. The molecule has 1 aliphatic carbocycles. The van der Waals surface area contributed by atoms with Gasteiger partial charge in [0.2, 0.25) is 0 Å². The number of carbonyl (C=O) groups excluding carboxylic acids is 1. The van der Waals surface area contributed by atoms with E-state index in [9.17, 15) is 4.79 Å². The maximum Gasteiger partial charge on any atom is 0.167 e. The Morgan fingerprint density at radius 2 is 2.00 bits per heavy atom. The van der Waals surface area contributed by atoms with Gasteiger partial charge in [0, 0.05) is 35.5 Å². The smallest absolute Gasteiger partial charge is 0.167 e. The van der Waals surface area contributed by atoms with Crippen molar-refractivity contribution in [2.75, 3.05) is 0 Å². The van der Waals surface area contributed by atoms with E-state index in [0.29, 0.717) is 23.4 Å². The lowest BCUT2D eigenvalue weighted by Gasteiger charge is -2.22. The number of Topliss-reactive ketones (excluding diaryl/α,β-unsaturated/α-hetero) is 1. The topological polar surface area (TPSA) is 60.4 Å². The Bertz CT molecular complexity index is 1160. The fourth-order valence-corrected chi connectivity index (χ4v) is 4.01. The first-order valence-electron chi connectivity index (χ1n) is 8.81. The molecule has 0 amide bonds. The second kappa shape index (κ2) is 6.06. The summed E-state index contributed by atoms with van der Waals surface area (Å²) in [6.45, 7) is 1.96. The van der Waals surface area contributed by atoms with E-state index in [1.807, 2.05) is 47.8 Å². The summed E-state index contributed by atoms with van der Waals surface area (Å²) in [6.07, 6.45) is 4.45. The Labute approximate surface area is 160 Å². The van der Waals surface area contributed by atoms with Crippen LogP contribution >= 0.6 is 11.6 Å². The molecule has 0 radical (unpaired) electrons. The van der Waals surface area contributed by atoms with Crippen LogP contribution in [0.3, 0.4) is 0 Å². The number of halogens is 1. The third-order valence-corrected chi connectivity index (χ3v) is 5.42. The van der Waals surface area contributed by atoms with Gasteiger partial charge in [0.05, 0.1) is 23.2 Å². The molecule has 5 rings (SSSR count). The molecular formula is C21H16ClN3O2. The normalized spacial score (nSPS) is 16.7. The van der Waals surface area contributed by atoms with Crippen LogP contribution in [0.5, 0.6) is 0 Å². The number of rotatable bonds is 2. The van der Waals surface area contributed by atoms with Crippen molar-refractivity contribution in [3.63, 3.8) is 0 Å². The highest BCUT2D eigenvalue weighted by Crippen LogP contribution is 2.35. The minimum absolute atomic E-state index is 0.0223. The molecule has 27 heavy (non-hydrogen) atoms. The van der Waals surface area contributed by atoms with E-state index in [2.05, 4.69) is 4.98 Å². The first kappa shape index (κ1) is 16.3. The van der Waals surface area contributed by atoms with Crippen molar-refractivity contribution in [1.82, 2.24) is 14.6 Å². The van der Waals surface area contributed by atoms with E-state index in [1.165, 1.54) is 0 Å². The zero-order chi connectivity index (χ0) is 18.5. The van der Waals surface area contributed by atoms with Crippen LogP contribution in [0.4, 0.5) is 0 Å². The first-order valence-corrected chi connectivity index (χ1v) is 9.19. The van der Waals surface area contributed by atoms with Crippen LogP contribution in [0.15, 0.2) is 53.3 Å². The molecule has 4 aromatic rings. The molecule has 1 aromatic carbocycles. The maximum absolute atomic E-state index is 12.7. The van der Waals surface area contributed by atoms with Crippen molar-refractivity contribution in [1.29, 1.82) is 0 Å². The Balaban J connectivity index is 1.69. The van der Waals surface area contributed by atoms with Gasteiger partial charge in [-0.2, -0.15) is 5.10 Å². The first-order chi connectivity index (χ1) is 13.1. The second-order valence-corrected chi connectivity index (χ2v) is 7.30. The zero-order valence-corrected chi connectivity index (χ0v) is 15.4. The summed E-state index contributed by atoms with van der Waals surface area (Å²) in [6, 6.07) is 11.4. The van der Waals surface area contributed by atoms with Gasteiger partial charge in [-0.25, -0.2) is 9.50 Å². The van der Waals surface area contributed by atoms with Crippen LogP contribution in [0, 0.1) is 6.92 Å². The van der Waals surface area contributed by atoms with Crippen molar-refractivity contribution in [2.24, 2.45) is 0 Å². The largest absolute Gasteiger partial charge is 0.469 e. The van der Waals surface area contributed by atoms with E-state index < -0.39 is 0 Å². The quantitative estimate of drug-likeness (QED) is 0.500. The predicted octanol–water partition coefficient (Wildman–Crippen LogP) is 4.86. The van der Waals surface area contributed by atoms with Gasteiger partial charge in [-0.15, -0.1) is 0 Å². The molecule has 1 aliphatic rings. The summed E-state index contributed by atoms with van der Waals surface area (Å²) in [7, 11) is 0. The summed E-state index contributed by atoms with van der Waals surface area (Å²) in [4.78, 5) is 17.3. The minimum atomic E-state index is 0.0223. The van der Waals surface area contributed by atoms with E-state index in [0.717, 1.165) is 33.9 Å². The van der Waals surface area contributed by atoms with Crippen LogP contribution in [0.2, 0.25) is 5.02 Å². The highest BCUT2D eigenvalue weighted by Gasteiger charge is 2.31. The molecule has 0 saturated heterocycles. The lowest BCUT2D eigenvalue weighted by molar-refractivity contribution is 0.0958. The molecule has 3 aromatic heterocycles. The number of ketones is 1. The number of nitrogens with zero attached hydrogens (tertiary/aromatic N) is 3. The van der Waals surface area contributed by atoms with Crippen molar-refractivity contribution in [3.05, 3.63) is 76.6 Å². The molecule has 0 saturated carbocycles. The number of aromatic nitrogens is 3. The summed E-state index contributed by atoms with van der Waals surface area (Å²) >= 11 is 6.02. The number of aryl methyl sites for hydroxylation is 1. The van der Waals surface area contributed by atoms with E-state index >= 15 is 0 Å². The maximum atomic E-state index is 12.7. The molecule has 6 heteroatoms. The Morgan fingerprint density at radius 1 is 1.19 bits per heavy atom. The third kappa shape index (κ3) is 2.58. The van der Waals surface area contributed by atoms with Gasteiger partial charge in [0.1, 0.15) is 5.76 Å². The summed E-state index contributed by atoms with van der Waals surface area (Å²) in [5.74, 6) is 0.933. The van der Waals surface area contributed by atoms with E-state index in [4.69, 9.17) is 21.1 Å². The molecule has 3 heterocycles. The van der Waals surface area contributed by atoms with Crippen LogP contribution in [-0.2, 0) is 6.42 Å². The van der Waals surface area contributed by atoms with Gasteiger partial charge in [-0.05, 0) is 36.8 Å². The lowest BCUT2D eigenvalue weighted by atomic mass is 9.85. The van der Waals surface area contributed by atoms with E-state index in [-0.39, 0.29) is 11.7 Å². The number of fused-ring (bicyclic) bond motifs is 3. The standard InChI is InChI=1S/C21H16ClN3O2/c1-12-20(13-4-6-15(22)7-5-13)21-23-11-16-17(25(21)24-12)9-14(10-18(16)26)19-3-2-8-27-19/h2-8,11,14H,9-10H2,1H3/t14-/m0/s1. The predicted molar refractivity (Wildman–Crippen MR) is 102 cm³/mol. The van der Waals surface area contributed by atoms with Gasteiger partial charge in [-0.3, -0.25) is 4.79 Å². The minimum Gasteiger partial charge on any atom is -0.469 e. The molecule has 0 spiro atoms. The van der Waals surface area contributed by atoms with Gasteiger partial charge >= 0.3 is 0 Å². The SMILES string of the molecule is Cc1nn2c3c(cnc2c1-c1ccc(Cl)cc1)C(=O)C[C@@H](c1ccco1)C3. The average Bonchev–Trinajstić information content (AvgIpc) is 3.30. The molecule has 0 bridgehead atoms. The molecule has 1 atom stereocenters. The number of carbonyl (C=O) groups is 1. The van der Waals surface area contributed by atoms with Gasteiger partial charge < -0.3 is 4.42 Å². The number of hydrogen-bond donors (Lipinski definition) is 0. The fourth-order valence-electron chi connectivity index (χ4n) is 3.88. The number of hydrogen-bond acceptors (Lipinski definition) is 4. The summed E-state index contributed by atoms with van der Waals surface area (Å²) in [5, 5.41) is 5.40. The molecule has 0 aliphatic heterocycles. The van der Waals surface area contributed by atoms with Crippen LogP contribution in [0.25, 0.3) is 16.8 Å². The molecule has 0 fully saturated rings. The van der Waals surface area contributed by atoms with Crippen molar-refractivity contribution >= 4 is 23.0 Å². The average molecular weight is 378 g/mol. The summed E-state index contributed by atoms with van der Waals surface area (Å²) in [5.41, 5.74) is 5.12. The monoisotopic (exact) mass is 377 g/mol. The highest BCUT2D eigenvalue weighted by atomic mass is 35.5. The van der Waals surface area contributed by atoms with Crippen molar-refractivity contribution in [2.45, 2.75) is 25.7 Å². The number of benzene rings is 1. The Kier molecular flexibility index (Phi) is 3.65. The van der Waals surface area contributed by atoms with Gasteiger partial charge in [0.15, 0.2) is 11.4 Å². The third-order valence-electron chi connectivity index (χ3n) is 5.17. The Hall–Kier alpha value is -2.92. The van der Waals surface area contributed by atoms with Crippen molar-refractivity contribution < 1.29 is 9.21 Å². The molecular weight excluding hydrogens is 362 g/mol. The molecule has 0 N–H and O–H groups in total. The van der Waals surface area contributed by atoms with E-state index in [1.54, 1.807) is 12.5 Å². The molecule has 134 valence electrons. The zero-order valence-electron chi connectivity index (χ0n) is 14.6. The highest BCUT2D eigenvalue weighted by molar-refractivity contribution is 6.30. The fraction of sp³-hybridized carbons (Fsp3) is 0.190. The summed E-state index contributed by atoms with van der Waals surface area (Å²) < 4.78 is 7.37. The van der Waals surface area contributed by atoms with Crippen LogP contribution in [0.1, 0.15) is 39.8 Å². The van der Waals surface area contributed by atoms with Crippen LogP contribution in [-0.4, -0.2) is 20.4 Å². The second-order valence-electron chi connectivity index (χ2n) is 6.87. The van der Waals surface area contributed by atoms with Crippen molar-refractivity contribution in [3.8, 4) is 11.1 Å². The Morgan fingerprint density at radius 3 is 2.74 bits per heavy atom. The molecule has 0 unspecified atom stereocenters.